The van der Waals surface area contributed by atoms with Crippen LogP contribution in [0.5, 0.6) is 0 Å². The van der Waals surface area contributed by atoms with Gasteiger partial charge < -0.3 is 0 Å². The Labute approximate surface area is 79.5 Å². The fraction of sp³-hybridized carbons (Fsp3) is 0.250. The van der Waals surface area contributed by atoms with E-state index in [0.29, 0.717) is 3.26 Å². The third kappa shape index (κ3) is 2.16. The van der Waals surface area contributed by atoms with Gasteiger partial charge in [-0.05, 0) is 11.8 Å². The van der Waals surface area contributed by atoms with Crippen LogP contribution >= 0.6 is 34.4 Å². The van der Waals surface area contributed by atoms with E-state index >= 15 is 0 Å². The van der Waals surface area contributed by atoms with Gasteiger partial charge in [0.2, 0.25) is 0 Å². The summed E-state index contributed by atoms with van der Waals surface area (Å²) >= 11 is 4.30. The number of alkyl halides is 1. The second-order valence-electron chi connectivity index (χ2n) is 1.96. The highest BCUT2D eigenvalue weighted by molar-refractivity contribution is 14.1. The molecule has 0 nitrogen and oxygen atoms in total. The number of hydrogen-bond acceptors (Lipinski definition) is 1. The smallest absolute Gasteiger partial charge is 0.0810 e. The number of hydrogen-bond donors (Lipinski definition) is 0. The molecule has 0 bridgehead atoms. The summed E-state index contributed by atoms with van der Waals surface area (Å²) in [6.45, 7) is 0. The molecular formula is C8H9IS. The van der Waals surface area contributed by atoms with Crippen molar-refractivity contribution in [3.63, 3.8) is 0 Å². The van der Waals surface area contributed by atoms with Crippen LogP contribution in [0.1, 0.15) is 8.82 Å². The van der Waals surface area contributed by atoms with Crippen molar-refractivity contribution in [3.8, 4) is 0 Å². The number of benzene rings is 1. The van der Waals surface area contributed by atoms with Gasteiger partial charge in [-0.3, -0.25) is 0 Å². The molecule has 1 rings (SSSR count). The number of halogens is 1. The minimum atomic E-state index is 0.596. The molecule has 0 saturated carbocycles. The minimum absolute atomic E-state index is 0.596. The predicted octanol–water partition coefficient (Wildman–Crippen LogP) is 3.48. The summed E-state index contributed by atoms with van der Waals surface area (Å²) < 4.78 is 0.596. The summed E-state index contributed by atoms with van der Waals surface area (Å²) in [5.41, 5.74) is 1.40. The predicted molar refractivity (Wildman–Crippen MR) is 56.7 cm³/mol. The monoisotopic (exact) mass is 264 g/mol. The van der Waals surface area contributed by atoms with Gasteiger partial charge in [0, 0.05) is 0 Å². The van der Waals surface area contributed by atoms with Gasteiger partial charge in [0.25, 0.3) is 0 Å². The Morgan fingerprint density at radius 1 is 1.30 bits per heavy atom. The van der Waals surface area contributed by atoms with E-state index in [0.717, 1.165) is 0 Å². The van der Waals surface area contributed by atoms with Crippen LogP contribution in [0.25, 0.3) is 0 Å². The van der Waals surface area contributed by atoms with Crippen molar-refractivity contribution < 1.29 is 0 Å². The quantitative estimate of drug-likeness (QED) is 0.582. The maximum Gasteiger partial charge on any atom is 0.0810 e. The second-order valence-corrected chi connectivity index (χ2v) is 5.00. The second kappa shape index (κ2) is 4.23. The molecule has 54 valence electrons. The maximum atomic E-state index is 2.43. The summed E-state index contributed by atoms with van der Waals surface area (Å²) in [4.78, 5) is 0. The first-order valence-corrected chi connectivity index (χ1v) is 5.60. The molecule has 1 aromatic rings. The first kappa shape index (κ1) is 8.40. The first-order valence-electron chi connectivity index (χ1n) is 3.06. The molecule has 0 aliphatic carbocycles. The third-order valence-electron chi connectivity index (χ3n) is 1.27. The van der Waals surface area contributed by atoms with Gasteiger partial charge in [-0.2, -0.15) is 0 Å². The van der Waals surface area contributed by atoms with Gasteiger partial charge in [-0.15, -0.1) is 11.8 Å². The maximum absolute atomic E-state index is 2.43. The molecule has 0 saturated heterocycles. The fourth-order valence-corrected chi connectivity index (χ4v) is 1.58. The van der Waals surface area contributed by atoms with Gasteiger partial charge in [-0.25, -0.2) is 0 Å². The highest BCUT2D eigenvalue weighted by atomic mass is 127. The Morgan fingerprint density at radius 3 is 2.40 bits per heavy atom. The molecule has 1 atom stereocenters. The van der Waals surface area contributed by atoms with Gasteiger partial charge in [0.05, 0.1) is 3.26 Å². The van der Waals surface area contributed by atoms with E-state index in [9.17, 15) is 0 Å². The lowest BCUT2D eigenvalue weighted by molar-refractivity contribution is 1.43. The Hall–Kier alpha value is 0.300. The molecular weight excluding hydrogens is 255 g/mol. The van der Waals surface area contributed by atoms with Gasteiger partial charge in [0.15, 0.2) is 0 Å². The van der Waals surface area contributed by atoms with Crippen LogP contribution in [-0.4, -0.2) is 6.26 Å². The Kier molecular flexibility index (Phi) is 3.56. The van der Waals surface area contributed by atoms with Crippen LogP contribution in [0.4, 0.5) is 0 Å². The van der Waals surface area contributed by atoms with E-state index in [2.05, 4.69) is 53.1 Å². The molecule has 0 radical (unpaired) electrons. The van der Waals surface area contributed by atoms with E-state index in [4.69, 9.17) is 0 Å². The standard InChI is InChI=1S/C8H9IS/c1-10-8(9)7-5-3-2-4-6-7/h2-6,8H,1H3. The van der Waals surface area contributed by atoms with Crippen LogP contribution in [0.15, 0.2) is 30.3 Å². The molecule has 0 amide bonds. The molecule has 0 heterocycles. The summed E-state index contributed by atoms with van der Waals surface area (Å²) in [5, 5.41) is 0. The van der Waals surface area contributed by atoms with E-state index in [1.807, 2.05) is 17.8 Å². The largest absolute Gasteiger partial charge is 0.146 e. The molecule has 0 fully saturated rings. The van der Waals surface area contributed by atoms with E-state index in [-0.39, 0.29) is 0 Å². The normalized spacial score (nSPS) is 13.0. The van der Waals surface area contributed by atoms with Gasteiger partial charge in [0.1, 0.15) is 0 Å². The number of thioether (sulfide) groups is 1. The average molecular weight is 264 g/mol. The van der Waals surface area contributed by atoms with Gasteiger partial charge >= 0.3 is 0 Å². The van der Waals surface area contributed by atoms with Crippen molar-refractivity contribution in [2.24, 2.45) is 0 Å². The van der Waals surface area contributed by atoms with Gasteiger partial charge in [-0.1, -0.05) is 52.9 Å². The zero-order valence-electron chi connectivity index (χ0n) is 5.75. The first-order chi connectivity index (χ1) is 4.84. The summed E-state index contributed by atoms with van der Waals surface area (Å²) in [6, 6.07) is 10.5. The highest BCUT2D eigenvalue weighted by Crippen LogP contribution is 2.32. The lowest BCUT2D eigenvalue weighted by atomic mass is 10.2. The van der Waals surface area contributed by atoms with Crippen LogP contribution in [0, 0.1) is 0 Å². The fourth-order valence-electron chi connectivity index (χ4n) is 0.740. The van der Waals surface area contributed by atoms with Crippen LogP contribution in [0.2, 0.25) is 0 Å². The Bertz CT molecular complexity index is 186. The molecule has 0 N–H and O–H groups in total. The van der Waals surface area contributed by atoms with Crippen molar-refractivity contribution in [2.75, 3.05) is 6.26 Å². The molecule has 0 aromatic heterocycles. The molecule has 0 spiro atoms. The zero-order chi connectivity index (χ0) is 7.40. The Morgan fingerprint density at radius 2 is 1.90 bits per heavy atom. The van der Waals surface area contributed by atoms with Crippen LogP contribution in [-0.2, 0) is 0 Å². The van der Waals surface area contributed by atoms with Crippen molar-refractivity contribution in [2.45, 2.75) is 3.26 Å². The van der Waals surface area contributed by atoms with Crippen molar-refractivity contribution in [3.05, 3.63) is 35.9 Å². The average Bonchev–Trinajstić information content (AvgIpc) is 2.05. The lowest BCUT2D eigenvalue weighted by Crippen LogP contribution is -1.80. The summed E-state index contributed by atoms with van der Waals surface area (Å²) in [7, 11) is 0. The Balaban J connectivity index is 2.75. The lowest BCUT2D eigenvalue weighted by Gasteiger charge is -2.04. The molecule has 10 heavy (non-hydrogen) atoms. The molecule has 0 aliphatic heterocycles. The van der Waals surface area contributed by atoms with Crippen LogP contribution in [0.3, 0.4) is 0 Å². The van der Waals surface area contributed by atoms with Crippen LogP contribution < -0.4 is 0 Å². The molecule has 0 aliphatic rings. The highest BCUT2D eigenvalue weighted by Gasteiger charge is 2.01. The topological polar surface area (TPSA) is 0 Å². The minimum Gasteiger partial charge on any atom is -0.146 e. The summed E-state index contributed by atoms with van der Waals surface area (Å²) in [6.07, 6.45) is 2.13. The molecule has 1 unspecified atom stereocenters. The molecule has 1 aromatic carbocycles. The van der Waals surface area contributed by atoms with E-state index in [1.165, 1.54) is 5.56 Å². The van der Waals surface area contributed by atoms with Crippen molar-refractivity contribution in [1.29, 1.82) is 0 Å². The SMILES string of the molecule is CSC(I)c1ccccc1. The van der Waals surface area contributed by atoms with Crippen molar-refractivity contribution in [1.82, 2.24) is 0 Å². The third-order valence-corrected chi connectivity index (χ3v) is 4.20. The number of rotatable bonds is 2. The summed E-state index contributed by atoms with van der Waals surface area (Å²) in [5.74, 6) is 0. The van der Waals surface area contributed by atoms with Crippen molar-refractivity contribution >= 4 is 34.4 Å². The zero-order valence-corrected chi connectivity index (χ0v) is 8.72. The van der Waals surface area contributed by atoms with E-state index < -0.39 is 0 Å². The van der Waals surface area contributed by atoms with E-state index in [1.54, 1.807) is 0 Å². The molecule has 2 heteroatoms.